The Hall–Kier alpha value is -3.68. The van der Waals surface area contributed by atoms with Gasteiger partial charge in [0, 0.05) is 41.1 Å². The molecule has 0 bridgehead atoms. The molecule has 0 saturated carbocycles. The zero-order valence-electron chi connectivity index (χ0n) is 15.6. The highest BCUT2D eigenvalue weighted by atomic mass is 16.6. The number of carbonyl (C=O) groups is 1. The number of carbonyl (C=O) groups excluding carboxylic acids is 1. The number of H-pyrrole nitrogens is 2. The molecule has 0 saturated heterocycles. The van der Waals surface area contributed by atoms with E-state index in [4.69, 9.17) is 5.73 Å². The fourth-order valence-electron chi connectivity index (χ4n) is 2.58. The summed E-state index contributed by atoms with van der Waals surface area (Å²) >= 11 is 0. The Morgan fingerprint density at radius 3 is 2.18 bits per heavy atom. The predicted molar refractivity (Wildman–Crippen MR) is 108 cm³/mol. The topological polar surface area (TPSA) is 135 Å². The molecule has 146 valence electrons. The molecule has 0 fully saturated rings. The summed E-state index contributed by atoms with van der Waals surface area (Å²) in [5.41, 5.74) is 9.65. The molecule has 8 heteroatoms. The zero-order chi connectivity index (χ0) is 20.7. The lowest BCUT2D eigenvalue weighted by Crippen LogP contribution is -2.08. The second-order valence-electron chi connectivity index (χ2n) is 6.51. The predicted octanol–water partition coefficient (Wildman–Crippen LogP) is 3.41. The molecule has 1 heterocycles. The number of non-ortho nitro benzene ring substituents is 1. The van der Waals surface area contributed by atoms with Crippen molar-refractivity contribution in [2.24, 2.45) is 0 Å². The molecule has 1 aromatic heterocycles. The molecule has 0 aliphatic heterocycles. The standard InChI is InChI=1S/C13H17N3O.C7H5NO3/c1-8(2)12-11(13(17)16-15-12)7-9-3-5-10(14)6-4-9;9-5-6-1-3-7(4-2-6)8(10)11/h3-6,8H,7,14H2,1-2H3,(H2,15,16,17);1-5H. The lowest BCUT2D eigenvalue weighted by Gasteiger charge is -2.05. The van der Waals surface area contributed by atoms with Gasteiger partial charge in [0.25, 0.3) is 11.2 Å². The second kappa shape index (κ2) is 9.31. The van der Waals surface area contributed by atoms with Gasteiger partial charge in [-0.05, 0) is 35.7 Å². The number of aromatic amines is 2. The Morgan fingerprint density at radius 2 is 1.68 bits per heavy atom. The fraction of sp³-hybridized carbons (Fsp3) is 0.200. The third kappa shape index (κ3) is 5.41. The summed E-state index contributed by atoms with van der Waals surface area (Å²) in [7, 11) is 0. The number of rotatable bonds is 5. The van der Waals surface area contributed by atoms with Crippen LogP contribution in [0.3, 0.4) is 0 Å². The second-order valence-corrected chi connectivity index (χ2v) is 6.51. The number of nitro benzene ring substituents is 1. The molecule has 28 heavy (non-hydrogen) atoms. The minimum Gasteiger partial charge on any atom is -0.399 e. The first kappa shape index (κ1) is 20.6. The highest BCUT2D eigenvalue weighted by Gasteiger charge is 2.13. The van der Waals surface area contributed by atoms with Crippen LogP contribution in [0.4, 0.5) is 11.4 Å². The highest BCUT2D eigenvalue weighted by Crippen LogP contribution is 2.17. The normalized spacial score (nSPS) is 10.2. The summed E-state index contributed by atoms with van der Waals surface area (Å²) < 4.78 is 0. The van der Waals surface area contributed by atoms with Gasteiger partial charge in [-0.25, -0.2) is 0 Å². The molecule has 0 unspecified atom stereocenters. The van der Waals surface area contributed by atoms with E-state index in [9.17, 15) is 19.7 Å². The third-order valence-corrected chi connectivity index (χ3v) is 4.09. The van der Waals surface area contributed by atoms with Crippen molar-refractivity contribution < 1.29 is 9.72 Å². The maximum absolute atomic E-state index is 11.7. The van der Waals surface area contributed by atoms with Gasteiger partial charge in [-0.2, -0.15) is 0 Å². The van der Waals surface area contributed by atoms with Crippen molar-refractivity contribution in [3.63, 3.8) is 0 Å². The SMILES string of the molecule is CC(C)c1[nH][nH]c(=O)c1Cc1ccc(N)cc1.O=Cc1ccc([N+](=O)[O-])cc1. The zero-order valence-corrected chi connectivity index (χ0v) is 15.6. The van der Waals surface area contributed by atoms with E-state index in [0.717, 1.165) is 22.5 Å². The number of nitrogens with zero attached hydrogens (tertiary/aromatic N) is 1. The summed E-state index contributed by atoms with van der Waals surface area (Å²) in [4.78, 5) is 31.4. The van der Waals surface area contributed by atoms with Crippen molar-refractivity contribution in [2.75, 3.05) is 5.73 Å². The summed E-state index contributed by atoms with van der Waals surface area (Å²) in [5.74, 6) is 0.303. The van der Waals surface area contributed by atoms with E-state index >= 15 is 0 Å². The molecule has 3 aromatic rings. The van der Waals surface area contributed by atoms with Crippen LogP contribution in [-0.4, -0.2) is 21.4 Å². The number of nitrogens with two attached hydrogens (primary N) is 1. The van der Waals surface area contributed by atoms with Crippen LogP contribution in [0.1, 0.15) is 46.9 Å². The van der Waals surface area contributed by atoms with Gasteiger partial charge in [0.2, 0.25) is 0 Å². The molecule has 0 spiro atoms. The minimum absolute atomic E-state index is 0.00407. The average Bonchev–Trinajstić information content (AvgIpc) is 3.05. The number of aromatic nitrogens is 2. The maximum Gasteiger partial charge on any atom is 0.269 e. The van der Waals surface area contributed by atoms with Crippen LogP contribution in [0.15, 0.2) is 53.3 Å². The van der Waals surface area contributed by atoms with Crippen molar-refractivity contribution in [1.82, 2.24) is 10.2 Å². The van der Waals surface area contributed by atoms with Gasteiger partial charge in [0.1, 0.15) is 6.29 Å². The van der Waals surface area contributed by atoms with Crippen LogP contribution >= 0.6 is 0 Å². The number of aldehydes is 1. The number of nitro groups is 1. The molecule has 4 N–H and O–H groups in total. The van der Waals surface area contributed by atoms with Crippen LogP contribution in [0, 0.1) is 10.1 Å². The summed E-state index contributed by atoms with van der Waals surface area (Å²) in [5, 5.41) is 15.7. The number of benzene rings is 2. The number of hydrogen-bond acceptors (Lipinski definition) is 5. The smallest absolute Gasteiger partial charge is 0.269 e. The lowest BCUT2D eigenvalue weighted by molar-refractivity contribution is -0.384. The van der Waals surface area contributed by atoms with Crippen LogP contribution in [0.5, 0.6) is 0 Å². The molecule has 3 rings (SSSR count). The largest absolute Gasteiger partial charge is 0.399 e. The van der Waals surface area contributed by atoms with E-state index in [0.29, 0.717) is 24.2 Å². The van der Waals surface area contributed by atoms with Gasteiger partial charge in [-0.1, -0.05) is 26.0 Å². The first-order chi connectivity index (χ1) is 13.3. The van der Waals surface area contributed by atoms with E-state index in [1.807, 2.05) is 24.3 Å². The summed E-state index contributed by atoms with van der Waals surface area (Å²) in [6, 6.07) is 13.0. The van der Waals surface area contributed by atoms with Gasteiger partial charge in [0.05, 0.1) is 4.92 Å². The first-order valence-corrected chi connectivity index (χ1v) is 8.65. The van der Waals surface area contributed by atoms with Crippen LogP contribution in [-0.2, 0) is 6.42 Å². The Labute approximate surface area is 161 Å². The van der Waals surface area contributed by atoms with Gasteiger partial charge < -0.3 is 10.8 Å². The van der Waals surface area contributed by atoms with Crippen LogP contribution < -0.4 is 11.3 Å². The third-order valence-electron chi connectivity index (χ3n) is 4.09. The Bertz CT molecular complexity index is 986. The number of nitrogen functional groups attached to an aromatic ring is 1. The molecule has 0 radical (unpaired) electrons. The van der Waals surface area contributed by atoms with E-state index in [1.165, 1.54) is 24.3 Å². The van der Waals surface area contributed by atoms with Gasteiger partial charge in [-0.3, -0.25) is 24.8 Å². The Morgan fingerprint density at radius 1 is 1.07 bits per heavy atom. The summed E-state index contributed by atoms with van der Waals surface area (Å²) in [6.07, 6.45) is 1.27. The van der Waals surface area contributed by atoms with Crippen LogP contribution in [0.2, 0.25) is 0 Å². The quantitative estimate of drug-likeness (QED) is 0.269. The van der Waals surface area contributed by atoms with Crippen molar-refractivity contribution in [2.45, 2.75) is 26.2 Å². The van der Waals surface area contributed by atoms with E-state index < -0.39 is 4.92 Å². The molecule has 0 atom stereocenters. The lowest BCUT2D eigenvalue weighted by atomic mass is 10.00. The molecule has 0 aliphatic carbocycles. The minimum atomic E-state index is -0.505. The fourth-order valence-corrected chi connectivity index (χ4v) is 2.58. The molecule has 8 nitrogen and oxygen atoms in total. The number of anilines is 1. The molecular weight excluding hydrogens is 360 g/mol. The average molecular weight is 382 g/mol. The Kier molecular flexibility index (Phi) is 6.86. The highest BCUT2D eigenvalue weighted by molar-refractivity contribution is 5.75. The number of nitrogens with one attached hydrogen (secondary N) is 2. The van der Waals surface area contributed by atoms with E-state index in [-0.39, 0.29) is 11.2 Å². The van der Waals surface area contributed by atoms with Crippen molar-refractivity contribution in [3.05, 3.63) is 91.4 Å². The first-order valence-electron chi connectivity index (χ1n) is 8.65. The number of hydrogen-bond donors (Lipinski definition) is 3. The van der Waals surface area contributed by atoms with E-state index in [1.54, 1.807) is 0 Å². The maximum atomic E-state index is 11.7. The van der Waals surface area contributed by atoms with Gasteiger partial charge in [-0.15, -0.1) is 0 Å². The molecule has 0 aliphatic rings. The van der Waals surface area contributed by atoms with Gasteiger partial charge >= 0.3 is 0 Å². The van der Waals surface area contributed by atoms with Crippen molar-refractivity contribution in [3.8, 4) is 0 Å². The van der Waals surface area contributed by atoms with Gasteiger partial charge in [0.15, 0.2) is 0 Å². The molecule has 2 aromatic carbocycles. The monoisotopic (exact) mass is 382 g/mol. The Balaban J connectivity index is 0.000000221. The van der Waals surface area contributed by atoms with Crippen LogP contribution in [0.25, 0.3) is 0 Å². The summed E-state index contributed by atoms with van der Waals surface area (Å²) in [6.45, 7) is 4.12. The van der Waals surface area contributed by atoms with E-state index in [2.05, 4.69) is 24.0 Å². The van der Waals surface area contributed by atoms with Crippen molar-refractivity contribution >= 4 is 17.7 Å². The van der Waals surface area contributed by atoms with Crippen molar-refractivity contribution in [1.29, 1.82) is 0 Å². The molecular formula is C20H22N4O4. The molecule has 0 amide bonds.